The molecule has 0 saturated heterocycles. The van der Waals surface area contributed by atoms with Crippen molar-refractivity contribution in [1.29, 1.82) is 0 Å². The number of sulfonamides is 1. The lowest BCUT2D eigenvalue weighted by Crippen LogP contribution is -2.41. The van der Waals surface area contributed by atoms with Gasteiger partial charge in [0.05, 0.1) is 17.0 Å². The Morgan fingerprint density at radius 3 is 2.40 bits per heavy atom. The fourth-order valence-corrected chi connectivity index (χ4v) is 4.55. The molecular weight excluding hydrogens is 402 g/mol. The molecule has 8 heteroatoms. The zero-order valence-corrected chi connectivity index (χ0v) is 18.0. The summed E-state index contributed by atoms with van der Waals surface area (Å²) in [6.07, 6.45) is 1.49. The fourth-order valence-electron chi connectivity index (χ4n) is 2.89. The van der Waals surface area contributed by atoms with Crippen LogP contribution in [0.2, 0.25) is 0 Å². The van der Waals surface area contributed by atoms with Crippen molar-refractivity contribution in [3.05, 3.63) is 72.1 Å². The number of aromatic nitrogens is 1. The van der Waals surface area contributed by atoms with Crippen molar-refractivity contribution in [3.8, 4) is 11.5 Å². The van der Waals surface area contributed by atoms with E-state index in [1.54, 1.807) is 39.0 Å². The molecule has 30 heavy (non-hydrogen) atoms. The molecule has 3 rings (SSSR count). The number of oxazole rings is 1. The largest absolute Gasteiger partial charge is 0.444 e. The summed E-state index contributed by atoms with van der Waals surface area (Å²) >= 11 is 0. The second-order valence-corrected chi connectivity index (χ2v) is 9.58. The van der Waals surface area contributed by atoms with Gasteiger partial charge >= 0.3 is 0 Å². The molecule has 1 aromatic heterocycles. The Morgan fingerprint density at radius 1 is 1.03 bits per heavy atom. The number of benzene rings is 2. The summed E-state index contributed by atoms with van der Waals surface area (Å²) < 4.78 is 33.5. The van der Waals surface area contributed by atoms with E-state index >= 15 is 0 Å². The van der Waals surface area contributed by atoms with Crippen LogP contribution in [0.4, 0.5) is 0 Å². The van der Waals surface area contributed by atoms with Gasteiger partial charge in [0.1, 0.15) is 6.26 Å². The van der Waals surface area contributed by atoms with Crippen LogP contribution in [0.5, 0.6) is 0 Å². The van der Waals surface area contributed by atoms with Crippen molar-refractivity contribution >= 4 is 15.9 Å². The normalized spacial score (nSPS) is 12.0. The van der Waals surface area contributed by atoms with Crippen molar-refractivity contribution in [2.45, 2.75) is 44.2 Å². The van der Waals surface area contributed by atoms with Crippen molar-refractivity contribution < 1.29 is 17.6 Å². The summed E-state index contributed by atoms with van der Waals surface area (Å²) in [5.74, 6) is 0.169. The summed E-state index contributed by atoms with van der Waals surface area (Å²) in [7, 11) is -3.71. The van der Waals surface area contributed by atoms with E-state index in [2.05, 4.69) is 15.0 Å². The second-order valence-electron chi connectivity index (χ2n) is 7.93. The average Bonchev–Trinajstić information content (AvgIpc) is 3.14. The molecule has 2 aromatic carbocycles. The molecule has 0 fully saturated rings. The zero-order chi connectivity index (χ0) is 21.8. The summed E-state index contributed by atoms with van der Waals surface area (Å²) in [4.78, 5) is 16.8. The van der Waals surface area contributed by atoms with Crippen LogP contribution in [0, 0.1) is 0 Å². The van der Waals surface area contributed by atoms with Crippen molar-refractivity contribution in [3.63, 3.8) is 0 Å². The van der Waals surface area contributed by atoms with E-state index in [-0.39, 0.29) is 23.8 Å². The Hall–Kier alpha value is -2.97. The maximum atomic E-state index is 12.7. The van der Waals surface area contributed by atoms with Crippen LogP contribution in [-0.2, 0) is 27.8 Å². The van der Waals surface area contributed by atoms with E-state index in [1.807, 2.05) is 30.3 Å². The van der Waals surface area contributed by atoms with E-state index in [0.29, 0.717) is 17.1 Å². The number of nitrogens with zero attached hydrogens (tertiary/aromatic N) is 1. The Kier molecular flexibility index (Phi) is 6.38. The minimum atomic E-state index is -3.71. The second kappa shape index (κ2) is 8.81. The van der Waals surface area contributed by atoms with E-state index < -0.39 is 15.6 Å². The van der Waals surface area contributed by atoms with Gasteiger partial charge in [-0.05, 0) is 44.5 Å². The first-order valence-corrected chi connectivity index (χ1v) is 11.0. The van der Waals surface area contributed by atoms with Crippen molar-refractivity contribution in [2.75, 3.05) is 0 Å². The van der Waals surface area contributed by atoms with Gasteiger partial charge in [0, 0.05) is 17.6 Å². The molecule has 0 spiro atoms. The molecule has 7 nitrogen and oxygen atoms in total. The third kappa shape index (κ3) is 5.77. The topological polar surface area (TPSA) is 101 Å². The molecule has 0 bridgehead atoms. The maximum absolute atomic E-state index is 12.7. The molecule has 0 aliphatic heterocycles. The van der Waals surface area contributed by atoms with Gasteiger partial charge in [0.15, 0.2) is 0 Å². The maximum Gasteiger partial charge on any atom is 0.241 e. The predicted octanol–water partition coefficient (Wildman–Crippen LogP) is 3.28. The Balaban J connectivity index is 1.65. The van der Waals surface area contributed by atoms with Crippen LogP contribution in [-0.4, -0.2) is 24.8 Å². The molecule has 0 saturated carbocycles. The highest BCUT2D eigenvalue weighted by Crippen LogP contribution is 2.19. The molecule has 0 atom stereocenters. The van der Waals surface area contributed by atoms with Crippen molar-refractivity contribution in [2.24, 2.45) is 0 Å². The van der Waals surface area contributed by atoms with Crippen LogP contribution in [0.25, 0.3) is 11.5 Å². The average molecular weight is 428 g/mol. The fraction of sp³-hybridized carbons (Fsp3) is 0.273. The number of amides is 1. The molecule has 0 aliphatic rings. The number of hydrogen-bond donors (Lipinski definition) is 2. The van der Waals surface area contributed by atoms with Crippen LogP contribution in [0.15, 0.2) is 70.2 Å². The first-order valence-electron chi connectivity index (χ1n) is 9.52. The number of nitrogens with one attached hydrogen (secondary N) is 2. The van der Waals surface area contributed by atoms with Gasteiger partial charge in [-0.3, -0.25) is 4.79 Å². The minimum absolute atomic E-state index is 0.0332. The smallest absolute Gasteiger partial charge is 0.241 e. The molecule has 158 valence electrons. The third-order valence-corrected chi connectivity index (χ3v) is 5.95. The number of carbonyl (C=O) groups is 1. The lowest BCUT2D eigenvalue weighted by atomic mass is 10.1. The molecule has 1 heterocycles. The highest BCUT2D eigenvalue weighted by atomic mass is 32.2. The first kappa shape index (κ1) is 21.7. The van der Waals surface area contributed by atoms with E-state index in [4.69, 9.17) is 4.42 Å². The van der Waals surface area contributed by atoms with E-state index in [9.17, 15) is 13.2 Å². The predicted molar refractivity (Wildman–Crippen MR) is 114 cm³/mol. The van der Waals surface area contributed by atoms with E-state index in [0.717, 1.165) is 5.56 Å². The highest BCUT2D eigenvalue weighted by molar-refractivity contribution is 7.89. The van der Waals surface area contributed by atoms with E-state index in [1.165, 1.54) is 12.3 Å². The van der Waals surface area contributed by atoms with Gasteiger partial charge in [-0.1, -0.05) is 36.4 Å². The van der Waals surface area contributed by atoms with Crippen LogP contribution < -0.4 is 10.0 Å². The van der Waals surface area contributed by atoms with Gasteiger partial charge in [0.25, 0.3) is 0 Å². The molecular formula is C22H25N3O4S. The number of hydrogen-bond acceptors (Lipinski definition) is 5. The van der Waals surface area contributed by atoms with Crippen LogP contribution >= 0.6 is 0 Å². The molecule has 0 aliphatic carbocycles. The highest BCUT2D eigenvalue weighted by Gasteiger charge is 2.24. The molecule has 1 amide bonds. The van der Waals surface area contributed by atoms with Crippen LogP contribution in [0.1, 0.15) is 32.0 Å². The van der Waals surface area contributed by atoms with Crippen molar-refractivity contribution in [1.82, 2.24) is 15.0 Å². The standard InChI is InChI=1S/C22H25N3O4S/c1-22(2,3)25-30(27,28)19-12-8-7-11-17(19)14-23-20(26)13-18-15-29-21(24-18)16-9-5-4-6-10-16/h4-12,15,25H,13-14H2,1-3H3,(H,23,26). The minimum Gasteiger partial charge on any atom is -0.444 e. The molecule has 0 unspecified atom stereocenters. The van der Waals surface area contributed by atoms with Gasteiger partial charge in [-0.2, -0.15) is 0 Å². The molecule has 2 N–H and O–H groups in total. The summed E-state index contributed by atoms with van der Waals surface area (Å²) in [6.45, 7) is 5.41. The lowest BCUT2D eigenvalue weighted by molar-refractivity contribution is -0.120. The lowest BCUT2D eigenvalue weighted by Gasteiger charge is -2.21. The molecule has 0 radical (unpaired) electrons. The number of carbonyl (C=O) groups excluding carboxylic acids is 1. The van der Waals surface area contributed by atoms with Gasteiger partial charge in [-0.15, -0.1) is 0 Å². The Morgan fingerprint density at radius 2 is 1.70 bits per heavy atom. The SMILES string of the molecule is CC(C)(C)NS(=O)(=O)c1ccccc1CNC(=O)Cc1coc(-c2ccccc2)n1. The summed E-state index contributed by atoms with van der Waals surface area (Å²) in [5.41, 5.74) is 1.22. The third-order valence-electron chi connectivity index (χ3n) is 4.09. The zero-order valence-electron chi connectivity index (χ0n) is 17.2. The van der Waals surface area contributed by atoms with Gasteiger partial charge < -0.3 is 9.73 Å². The van der Waals surface area contributed by atoms with Gasteiger partial charge in [0.2, 0.25) is 21.8 Å². The molecule has 3 aromatic rings. The Bertz CT molecular complexity index is 1120. The summed E-state index contributed by atoms with van der Waals surface area (Å²) in [5, 5.41) is 2.76. The number of rotatable bonds is 7. The first-order chi connectivity index (χ1) is 14.1. The Labute approximate surface area is 176 Å². The van der Waals surface area contributed by atoms with Crippen LogP contribution in [0.3, 0.4) is 0 Å². The quantitative estimate of drug-likeness (QED) is 0.603. The monoisotopic (exact) mass is 427 g/mol. The van der Waals surface area contributed by atoms with Gasteiger partial charge in [-0.25, -0.2) is 18.1 Å². The summed E-state index contributed by atoms with van der Waals surface area (Å²) in [6, 6.07) is 16.0.